The molecule has 0 bridgehead atoms. The lowest BCUT2D eigenvalue weighted by molar-refractivity contribution is -0.122. The first-order valence-corrected chi connectivity index (χ1v) is 5.81. The molecule has 0 aliphatic heterocycles. The molecule has 4 N–H and O–H groups in total. The van der Waals surface area contributed by atoms with E-state index >= 15 is 0 Å². The highest BCUT2D eigenvalue weighted by molar-refractivity contribution is 5.81. The van der Waals surface area contributed by atoms with Crippen LogP contribution in [0.5, 0.6) is 0 Å². The number of nitrogens with zero attached hydrogens (tertiary/aromatic N) is 1. The largest absolute Gasteiger partial charge is 0.349 e. The highest BCUT2D eigenvalue weighted by Gasteiger charge is 2.13. The molecule has 18 heavy (non-hydrogen) atoms. The summed E-state index contributed by atoms with van der Waals surface area (Å²) in [6.07, 6.45) is 2.18. The summed E-state index contributed by atoms with van der Waals surface area (Å²) in [5.41, 5.74) is 7.76. The Morgan fingerprint density at radius 1 is 1.33 bits per heavy atom. The third kappa shape index (κ3) is 3.43. The molecule has 2 rings (SSSR count). The molecule has 2 aromatic rings. The van der Waals surface area contributed by atoms with Gasteiger partial charge in [-0.3, -0.25) is 9.89 Å². The van der Waals surface area contributed by atoms with Crippen molar-refractivity contribution in [2.75, 3.05) is 0 Å². The Balaban J connectivity index is 1.82. The Hall–Kier alpha value is -2.14. The summed E-state index contributed by atoms with van der Waals surface area (Å²) in [6, 6.07) is 11.0. The van der Waals surface area contributed by atoms with Crippen molar-refractivity contribution < 1.29 is 4.79 Å². The molecule has 0 saturated carbocycles. The third-order valence-corrected chi connectivity index (χ3v) is 2.65. The van der Waals surface area contributed by atoms with Crippen LogP contribution in [0.1, 0.15) is 11.3 Å². The molecule has 0 radical (unpaired) electrons. The molecule has 1 aromatic heterocycles. The van der Waals surface area contributed by atoms with Gasteiger partial charge in [-0.1, -0.05) is 30.3 Å². The summed E-state index contributed by atoms with van der Waals surface area (Å²) < 4.78 is 0. The number of hydrogen-bond acceptors (Lipinski definition) is 3. The fourth-order valence-electron chi connectivity index (χ4n) is 1.66. The van der Waals surface area contributed by atoms with Crippen LogP contribution in [-0.4, -0.2) is 22.1 Å². The van der Waals surface area contributed by atoms with Crippen molar-refractivity contribution in [3.8, 4) is 0 Å². The molecule has 0 fully saturated rings. The number of rotatable bonds is 5. The predicted octanol–water partition coefficient (Wildman–Crippen LogP) is 0.596. The molecule has 1 heterocycles. The number of carbonyl (C=O) groups excluding carboxylic acids is 1. The second kappa shape index (κ2) is 5.97. The predicted molar refractivity (Wildman–Crippen MR) is 68.6 cm³/mol. The molecule has 0 aliphatic carbocycles. The zero-order chi connectivity index (χ0) is 12.8. The normalized spacial score (nSPS) is 12.1. The van der Waals surface area contributed by atoms with Gasteiger partial charge >= 0.3 is 0 Å². The van der Waals surface area contributed by atoms with Crippen LogP contribution in [0.3, 0.4) is 0 Å². The summed E-state index contributed by atoms with van der Waals surface area (Å²) in [7, 11) is 0. The van der Waals surface area contributed by atoms with Crippen LogP contribution < -0.4 is 11.1 Å². The fraction of sp³-hybridized carbons (Fsp3) is 0.231. The van der Waals surface area contributed by atoms with E-state index in [0.29, 0.717) is 13.0 Å². The number of hydrogen-bond donors (Lipinski definition) is 3. The fourth-order valence-corrected chi connectivity index (χ4v) is 1.66. The highest BCUT2D eigenvalue weighted by Crippen LogP contribution is 2.02. The SMILES string of the molecule is N[C@H](Cc1ccccc1)C(=O)NCc1ccn[nH]1. The first-order chi connectivity index (χ1) is 8.75. The van der Waals surface area contributed by atoms with Gasteiger partial charge in [0.05, 0.1) is 18.3 Å². The summed E-state index contributed by atoms with van der Waals surface area (Å²) in [5, 5.41) is 9.35. The monoisotopic (exact) mass is 244 g/mol. The minimum absolute atomic E-state index is 0.159. The van der Waals surface area contributed by atoms with Crippen molar-refractivity contribution in [2.24, 2.45) is 5.73 Å². The van der Waals surface area contributed by atoms with Crippen LogP contribution in [-0.2, 0) is 17.8 Å². The van der Waals surface area contributed by atoms with E-state index in [2.05, 4.69) is 15.5 Å². The lowest BCUT2D eigenvalue weighted by Crippen LogP contribution is -2.41. The maximum Gasteiger partial charge on any atom is 0.237 e. The summed E-state index contributed by atoms with van der Waals surface area (Å²) in [4.78, 5) is 11.8. The zero-order valence-corrected chi connectivity index (χ0v) is 9.97. The summed E-state index contributed by atoms with van der Waals surface area (Å²) >= 11 is 0. The zero-order valence-electron chi connectivity index (χ0n) is 9.97. The third-order valence-electron chi connectivity index (χ3n) is 2.65. The molecule has 0 aliphatic rings. The molecule has 0 unspecified atom stereocenters. The van der Waals surface area contributed by atoms with Gasteiger partial charge in [0, 0.05) is 6.20 Å². The summed E-state index contributed by atoms with van der Waals surface area (Å²) in [5.74, 6) is -0.159. The van der Waals surface area contributed by atoms with E-state index in [9.17, 15) is 4.79 Å². The molecule has 94 valence electrons. The number of aromatic nitrogens is 2. The maximum atomic E-state index is 11.8. The molecule has 1 amide bonds. The second-order valence-corrected chi connectivity index (χ2v) is 4.10. The number of nitrogens with two attached hydrogens (primary N) is 1. The number of aromatic amines is 1. The van der Waals surface area contributed by atoms with E-state index in [4.69, 9.17) is 5.73 Å². The van der Waals surface area contributed by atoms with Crippen LogP contribution in [0.15, 0.2) is 42.6 Å². The van der Waals surface area contributed by atoms with E-state index in [1.807, 2.05) is 36.4 Å². The quantitative estimate of drug-likeness (QED) is 0.720. The van der Waals surface area contributed by atoms with Crippen molar-refractivity contribution in [1.29, 1.82) is 0 Å². The molecular weight excluding hydrogens is 228 g/mol. The minimum atomic E-state index is -0.532. The molecule has 5 heteroatoms. The van der Waals surface area contributed by atoms with E-state index < -0.39 is 6.04 Å². The first-order valence-electron chi connectivity index (χ1n) is 5.81. The second-order valence-electron chi connectivity index (χ2n) is 4.10. The number of nitrogens with one attached hydrogen (secondary N) is 2. The van der Waals surface area contributed by atoms with Gasteiger partial charge in [0.15, 0.2) is 0 Å². The number of carbonyl (C=O) groups is 1. The van der Waals surface area contributed by atoms with Crippen LogP contribution in [0.4, 0.5) is 0 Å². The number of benzene rings is 1. The lowest BCUT2D eigenvalue weighted by atomic mass is 10.1. The van der Waals surface area contributed by atoms with Crippen LogP contribution in [0.25, 0.3) is 0 Å². The van der Waals surface area contributed by atoms with E-state index in [1.165, 1.54) is 0 Å². The standard InChI is InChI=1S/C13H16N4O/c14-12(8-10-4-2-1-3-5-10)13(18)15-9-11-6-7-16-17-11/h1-7,12H,8-9,14H2,(H,15,18)(H,16,17)/t12-/m1/s1. The Morgan fingerprint density at radius 2 is 2.11 bits per heavy atom. The van der Waals surface area contributed by atoms with Crippen LogP contribution in [0, 0.1) is 0 Å². The lowest BCUT2D eigenvalue weighted by Gasteiger charge is -2.11. The molecular formula is C13H16N4O. The molecule has 1 aromatic carbocycles. The van der Waals surface area contributed by atoms with Gasteiger partial charge in [-0.2, -0.15) is 5.10 Å². The average molecular weight is 244 g/mol. The van der Waals surface area contributed by atoms with Crippen LogP contribution in [0.2, 0.25) is 0 Å². The van der Waals surface area contributed by atoms with Gasteiger partial charge < -0.3 is 11.1 Å². The van der Waals surface area contributed by atoms with Crippen molar-refractivity contribution in [3.63, 3.8) is 0 Å². The topological polar surface area (TPSA) is 83.8 Å². The van der Waals surface area contributed by atoms with Gasteiger partial charge in [-0.15, -0.1) is 0 Å². The molecule has 5 nitrogen and oxygen atoms in total. The smallest absolute Gasteiger partial charge is 0.237 e. The summed E-state index contributed by atoms with van der Waals surface area (Å²) in [6.45, 7) is 0.418. The molecule has 1 atom stereocenters. The number of amides is 1. The van der Waals surface area contributed by atoms with Crippen molar-refractivity contribution in [2.45, 2.75) is 19.0 Å². The van der Waals surface area contributed by atoms with Crippen molar-refractivity contribution in [3.05, 3.63) is 53.9 Å². The van der Waals surface area contributed by atoms with Crippen LogP contribution >= 0.6 is 0 Å². The van der Waals surface area contributed by atoms with E-state index in [1.54, 1.807) is 6.20 Å². The Kier molecular flexibility index (Phi) is 4.09. The Morgan fingerprint density at radius 3 is 2.78 bits per heavy atom. The minimum Gasteiger partial charge on any atom is -0.349 e. The van der Waals surface area contributed by atoms with Gasteiger partial charge in [0.1, 0.15) is 0 Å². The first kappa shape index (κ1) is 12.3. The van der Waals surface area contributed by atoms with Gasteiger partial charge in [-0.25, -0.2) is 0 Å². The molecule has 0 spiro atoms. The maximum absolute atomic E-state index is 11.8. The van der Waals surface area contributed by atoms with E-state index in [0.717, 1.165) is 11.3 Å². The average Bonchev–Trinajstić information content (AvgIpc) is 2.90. The Labute approximate surface area is 105 Å². The Bertz CT molecular complexity index is 481. The molecule has 0 saturated heterocycles. The number of H-pyrrole nitrogens is 1. The van der Waals surface area contributed by atoms with Crippen molar-refractivity contribution >= 4 is 5.91 Å². The highest BCUT2D eigenvalue weighted by atomic mass is 16.2. The van der Waals surface area contributed by atoms with E-state index in [-0.39, 0.29) is 5.91 Å². The van der Waals surface area contributed by atoms with Gasteiger partial charge in [0.25, 0.3) is 0 Å². The van der Waals surface area contributed by atoms with Gasteiger partial charge in [0.2, 0.25) is 5.91 Å². The van der Waals surface area contributed by atoms with Crippen molar-refractivity contribution in [1.82, 2.24) is 15.5 Å². The van der Waals surface area contributed by atoms with Gasteiger partial charge in [-0.05, 0) is 18.1 Å².